The average molecular weight is 310 g/mol. The van der Waals surface area contributed by atoms with E-state index in [4.69, 9.17) is 16.3 Å². The van der Waals surface area contributed by atoms with Gasteiger partial charge >= 0.3 is 5.97 Å². The van der Waals surface area contributed by atoms with Crippen molar-refractivity contribution in [2.24, 2.45) is 0 Å². The number of benzene rings is 1. The third kappa shape index (κ3) is 4.65. The van der Waals surface area contributed by atoms with E-state index in [0.717, 1.165) is 11.2 Å². The lowest BCUT2D eigenvalue weighted by Crippen LogP contribution is -2.29. The van der Waals surface area contributed by atoms with Crippen LogP contribution in [-0.2, 0) is 19.1 Å². The topological polar surface area (TPSA) is 55.8 Å². The molecule has 1 aromatic rings. The second kappa shape index (κ2) is 8.11. The Balaban J connectivity index is 2.90. The van der Waals surface area contributed by atoms with Gasteiger partial charge < -0.3 is 14.4 Å². The van der Waals surface area contributed by atoms with E-state index in [-0.39, 0.29) is 5.70 Å². The number of esters is 1. The zero-order chi connectivity index (χ0) is 15.8. The first-order valence-electron chi connectivity index (χ1n) is 6.02. The molecule has 0 saturated heterocycles. The minimum Gasteiger partial charge on any atom is -0.502 e. The van der Waals surface area contributed by atoms with Gasteiger partial charge in [-0.15, -0.1) is 0 Å². The number of hydrogen-bond acceptors (Lipinski definition) is 4. The van der Waals surface area contributed by atoms with Crippen LogP contribution >= 0.6 is 11.6 Å². The SMILES string of the molecule is COC=C(C(=O)OC)N(C)C(=O)C=Cc1ccccc1Cl. The van der Waals surface area contributed by atoms with Gasteiger partial charge in [0, 0.05) is 18.1 Å². The van der Waals surface area contributed by atoms with Gasteiger partial charge in [-0.25, -0.2) is 4.79 Å². The Morgan fingerprint density at radius 2 is 1.90 bits per heavy atom. The number of hydrogen-bond donors (Lipinski definition) is 0. The van der Waals surface area contributed by atoms with E-state index in [1.165, 1.54) is 27.3 Å². The van der Waals surface area contributed by atoms with Gasteiger partial charge in [0.2, 0.25) is 0 Å². The summed E-state index contributed by atoms with van der Waals surface area (Å²) < 4.78 is 9.37. The molecule has 21 heavy (non-hydrogen) atoms. The molecule has 1 aromatic carbocycles. The molecule has 0 unspecified atom stereocenters. The van der Waals surface area contributed by atoms with Gasteiger partial charge in [0.05, 0.1) is 14.2 Å². The molecular formula is C15H16ClNO4. The molecule has 0 spiro atoms. The van der Waals surface area contributed by atoms with Gasteiger partial charge in [-0.1, -0.05) is 29.8 Å². The van der Waals surface area contributed by atoms with E-state index in [0.29, 0.717) is 10.6 Å². The van der Waals surface area contributed by atoms with Crippen LogP contribution in [0.3, 0.4) is 0 Å². The van der Waals surface area contributed by atoms with Crippen LogP contribution in [-0.4, -0.2) is 38.0 Å². The Labute approximate surface area is 128 Å². The van der Waals surface area contributed by atoms with E-state index in [1.54, 1.807) is 24.3 Å². The quantitative estimate of drug-likeness (QED) is 0.476. The minimum absolute atomic E-state index is 0.00573. The maximum Gasteiger partial charge on any atom is 0.357 e. The van der Waals surface area contributed by atoms with Crippen LogP contribution in [0.4, 0.5) is 0 Å². The van der Waals surface area contributed by atoms with E-state index in [1.807, 2.05) is 6.07 Å². The Hall–Kier alpha value is -2.27. The fourth-order valence-electron chi connectivity index (χ4n) is 1.48. The Morgan fingerprint density at radius 3 is 2.48 bits per heavy atom. The van der Waals surface area contributed by atoms with Crippen molar-refractivity contribution in [3.63, 3.8) is 0 Å². The van der Waals surface area contributed by atoms with Crippen LogP contribution in [0.25, 0.3) is 6.08 Å². The summed E-state index contributed by atoms with van der Waals surface area (Å²) in [6.07, 6.45) is 4.03. The molecular weight excluding hydrogens is 294 g/mol. The molecule has 5 nitrogen and oxygen atoms in total. The Kier molecular flexibility index (Phi) is 6.49. The molecule has 0 N–H and O–H groups in total. The van der Waals surface area contributed by atoms with Crippen LogP contribution in [0.5, 0.6) is 0 Å². The van der Waals surface area contributed by atoms with Crippen LogP contribution in [0.2, 0.25) is 5.02 Å². The zero-order valence-electron chi connectivity index (χ0n) is 12.0. The number of halogens is 1. The lowest BCUT2D eigenvalue weighted by atomic mass is 10.2. The van der Waals surface area contributed by atoms with Gasteiger partial charge in [0.25, 0.3) is 5.91 Å². The molecule has 112 valence electrons. The summed E-state index contributed by atoms with van der Waals surface area (Å²) in [7, 11) is 4.05. The molecule has 0 fully saturated rings. The van der Waals surface area contributed by atoms with Crippen LogP contribution in [0.15, 0.2) is 42.3 Å². The fourth-order valence-corrected chi connectivity index (χ4v) is 1.68. The van der Waals surface area contributed by atoms with Gasteiger partial charge in [-0.05, 0) is 17.7 Å². The predicted molar refractivity (Wildman–Crippen MR) is 80.4 cm³/mol. The number of likely N-dealkylation sites (N-methyl/N-ethyl adjacent to an activating group) is 1. The molecule has 0 aliphatic carbocycles. The highest BCUT2D eigenvalue weighted by Crippen LogP contribution is 2.16. The van der Waals surface area contributed by atoms with E-state index in [2.05, 4.69) is 4.74 Å². The predicted octanol–water partition coefficient (Wildman–Crippen LogP) is 2.47. The molecule has 0 bridgehead atoms. The minimum atomic E-state index is -0.668. The number of nitrogens with zero attached hydrogens (tertiary/aromatic N) is 1. The maximum atomic E-state index is 12.1. The largest absolute Gasteiger partial charge is 0.502 e. The number of methoxy groups -OCH3 is 2. The average Bonchev–Trinajstić information content (AvgIpc) is 2.50. The van der Waals surface area contributed by atoms with Gasteiger partial charge in [-0.2, -0.15) is 0 Å². The molecule has 0 heterocycles. The van der Waals surface area contributed by atoms with Crippen LogP contribution < -0.4 is 0 Å². The number of ether oxygens (including phenoxy) is 2. The highest BCUT2D eigenvalue weighted by Gasteiger charge is 2.19. The van der Waals surface area contributed by atoms with Crippen molar-refractivity contribution in [1.29, 1.82) is 0 Å². The Morgan fingerprint density at radius 1 is 1.24 bits per heavy atom. The lowest BCUT2D eigenvalue weighted by Gasteiger charge is -2.16. The summed E-state index contributed by atoms with van der Waals surface area (Å²) in [5.41, 5.74) is 0.699. The molecule has 0 aromatic heterocycles. The second-order valence-corrected chi connectivity index (χ2v) is 4.39. The fraction of sp³-hybridized carbons (Fsp3) is 0.200. The van der Waals surface area contributed by atoms with Crippen molar-refractivity contribution in [1.82, 2.24) is 4.90 Å². The molecule has 1 amide bonds. The summed E-state index contributed by atoms with van der Waals surface area (Å²) in [6, 6.07) is 7.10. The van der Waals surface area contributed by atoms with E-state index in [9.17, 15) is 9.59 Å². The van der Waals surface area contributed by atoms with Crippen LogP contribution in [0.1, 0.15) is 5.56 Å². The first kappa shape index (κ1) is 16.8. The third-order valence-electron chi connectivity index (χ3n) is 2.63. The number of carbonyl (C=O) groups is 2. The van der Waals surface area contributed by atoms with E-state index < -0.39 is 11.9 Å². The summed E-state index contributed by atoms with van der Waals surface area (Å²) in [4.78, 5) is 24.8. The summed E-state index contributed by atoms with van der Waals surface area (Å²) in [5.74, 6) is -1.08. The van der Waals surface area contributed by atoms with Gasteiger partial charge in [0.1, 0.15) is 6.26 Å². The molecule has 0 aliphatic rings. The molecule has 0 atom stereocenters. The number of carbonyl (C=O) groups excluding carboxylic acids is 2. The number of amides is 1. The molecule has 0 saturated carbocycles. The standard InChI is InChI=1S/C15H16ClNO4/c1-17(13(10-20-2)15(19)21-3)14(18)9-8-11-6-4-5-7-12(11)16/h4-10H,1-3H3. The van der Waals surface area contributed by atoms with Crippen LogP contribution in [0, 0.1) is 0 Å². The number of rotatable bonds is 5. The smallest absolute Gasteiger partial charge is 0.357 e. The van der Waals surface area contributed by atoms with Gasteiger partial charge in [0.15, 0.2) is 5.70 Å². The highest BCUT2D eigenvalue weighted by atomic mass is 35.5. The van der Waals surface area contributed by atoms with Crippen molar-refractivity contribution in [2.75, 3.05) is 21.3 Å². The van der Waals surface area contributed by atoms with Gasteiger partial charge in [-0.3, -0.25) is 4.79 Å². The van der Waals surface area contributed by atoms with Crippen molar-refractivity contribution in [3.8, 4) is 0 Å². The Bertz CT molecular complexity index is 581. The second-order valence-electron chi connectivity index (χ2n) is 3.98. The summed E-state index contributed by atoms with van der Waals surface area (Å²) >= 11 is 5.99. The van der Waals surface area contributed by atoms with Crippen molar-refractivity contribution in [3.05, 3.63) is 52.9 Å². The third-order valence-corrected chi connectivity index (χ3v) is 2.97. The summed E-state index contributed by atoms with van der Waals surface area (Å²) in [5, 5.41) is 0.532. The molecule has 1 rings (SSSR count). The molecule has 0 aliphatic heterocycles. The highest BCUT2D eigenvalue weighted by molar-refractivity contribution is 6.32. The molecule has 0 radical (unpaired) electrons. The first-order valence-corrected chi connectivity index (χ1v) is 6.40. The maximum absolute atomic E-state index is 12.1. The van der Waals surface area contributed by atoms with Crippen molar-refractivity contribution >= 4 is 29.6 Å². The monoisotopic (exact) mass is 309 g/mol. The lowest BCUT2D eigenvalue weighted by molar-refractivity contribution is -0.140. The van der Waals surface area contributed by atoms with E-state index >= 15 is 0 Å². The van der Waals surface area contributed by atoms with Crippen molar-refractivity contribution < 1.29 is 19.1 Å². The first-order chi connectivity index (χ1) is 10.0. The summed E-state index contributed by atoms with van der Waals surface area (Å²) in [6.45, 7) is 0. The zero-order valence-corrected chi connectivity index (χ0v) is 12.8. The normalized spacial score (nSPS) is 11.3. The van der Waals surface area contributed by atoms with Crippen molar-refractivity contribution in [2.45, 2.75) is 0 Å². The molecule has 6 heteroatoms.